The molecule has 2 fully saturated rings. The zero-order valence-electron chi connectivity index (χ0n) is 21.9. The number of anilines is 1. The van der Waals surface area contributed by atoms with Gasteiger partial charge in [-0.05, 0) is 35.8 Å². The largest absolute Gasteiger partial charge is 0.507 e. The van der Waals surface area contributed by atoms with Crippen LogP contribution in [0.3, 0.4) is 0 Å². The minimum absolute atomic E-state index is 0.00552. The first-order valence-corrected chi connectivity index (χ1v) is 12.5. The SMILES string of the molecule is CN(C)c1cc(CNCC(C)(C)C)c(O)c2c1C[C@H]1C[C@H]3CC(=O)C(C(N)=O)C(=O)[C@@]3(O)C(=O)C1C2=O. The van der Waals surface area contributed by atoms with Crippen LogP contribution in [0.4, 0.5) is 5.69 Å². The van der Waals surface area contributed by atoms with Crippen molar-refractivity contribution in [3.8, 4) is 5.75 Å². The van der Waals surface area contributed by atoms with Crippen molar-refractivity contribution in [2.75, 3.05) is 25.5 Å². The van der Waals surface area contributed by atoms with E-state index in [1.54, 1.807) is 0 Å². The average molecular weight is 514 g/mol. The van der Waals surface area contributed by atoms with Crippen molar-refractivity contribution < 1.29 is 34.2 Å². The molecule has 200 valence electrons. The van der Waals surface area contributed by atoms with Crippen LogP contribution in [0.25, 0.3) is 0 Å². The van der Waals surface area contributed by atoms with Crippen molar-refractivity contribution in [1.82, 2.24) is 5.32 Å². The standard InChI is InChI=1S/C27H35N3O7/c1-26(2,3)11-29-10-13-8-16(30(4)5)15-7-12-6-14-9-17(31)20(25(28)36)24(35)27(14,37)23(34)18(12)22(33)19(15)21(13)32/h8,12,14,18,20,29,32,37H,6-7,9-11H2,1-5H3,(H2,28,36)/t12-,14+,18?,20?,27+/m1/s1. The Balaban J connectivity index is 1.77. The molecule has 0 aliphatic heterocycles. The molecule has 0 bridgehead atoms. The van der Waals surface area contributed by atoms with E-state index < -0.39 is 58.3 Å². The maximum absolute atomic E-state index is 13.8. The lowest BCUT2D eigenvalue weighted by Crippen LogP contribution is -2.68. The lowest BCUT2D eigenvalue weighted by atomic mass is 9.53. The van der Waals surface area contributed by atoms with E-state index in [1.807, 2.05) is 25.1 Å². The number of Topliss-reactive ketones (excluding diaryl/α,β-unsaturated/α-hetero) is 4. The summed E-state index contributed by atoms with van der Waals surface area (Å²) in [6, 6.07) is 1.82. The Morgan fingerprint density at radius 3 is 2.38 bits per heavy atom. The van der Waals surface area contributed by atoms with Crippen LogP contribution in [-0.2, 0) is 32.1 Å². The number of amides is 1. The van der Waals surface area contributed by atoms with Crippen molar-refractivity contribution in [2.45, 2.75) is 52.2 Å². The number of carbonyl (C=O) groups excluding carboxylic acids is 5. The quantitative estimate of drug-likeness (QED) is 0.411. The number of primary amides is 1. The number of phenols is 1. The number of nitrogens with zero attached hydrogens (tertiary/aromatic N) is 1. The second-order valence-electron chi connectivity index (χ2n) is 12.1. The maximum atomic E-state index is 13.8. The van der Waals surface area contributed by atoms with Gasteiger partial charge < -0.3 is 26.2 Å². The third-order valence-electron chi connectivity index (χ3n) is 7.91. The maximum Gasteiger partial charge on any atom is 0.235 e. The Hall–Kier alpha value is -3.11. The van der Waals surface area contributed by atoms with Gasteiger partial charge in [0.05, 0.1) is 11.5 Å². The topological polar surface area (TPSA) is 167 Å². The van der Waals surface area contributed by atoms with E-state index in [0.717, 1.165) is 5.69 Å². The minimum Gasteiger partial charge on any atom is -0.507 e. The van der Waals surface area contributed by atoms with Gasteiger partial charge in [-0.25, -0.2) is 0 Å². The van der Waals surface area contributed by atoms with Crippen LogP contribution in [0, 0.1) is 29.1 Å². The number of aromatic hydroxyl groups is 1. The second kappa shape index (κ2) is 9.02. The summed E-state index contributed by atoms with van der Waals surface area (Å²) >= 11 is 0. The van der Waals surface area contributed by atoms with Gasteiger partial charge in [0.15, 0.2) is 34.7 Å². The number of fused-ring (bicyclic) bond motifs is 3. The van der Waals surface area contributed by atoms with E-state index in [-0.39, 0.29) is 36.0 Å². The van der Waals surface area contributed by atoms with Crippen molar-refractivity contribution in [3.05, 3.63) is 22.8 Å². The fraction of sp³-hybridized carbons (Fsp3) is 0.593. The summed E-state index contributed by atoms with van der Waals surface area (Å²) in [6.07, 6.45) is -0.0257. The highest BCUT2D eigenvalue weighted by Gasteiger charge is 2.66. The Morgan fingerprint density at radius 1 is 1.16 bits per heavy atom. The highest BCUT2D eigenvalue weighted by Crippen LogP contribution is 2.51. The number of ketones is 4. The molecule has 2 saturated carbocycles. The Labute approximate surface area is 215 Å². The Kier molecular flexibility index (Phi) is 6.57. The number of nitrogens with one attached hydrogen (secondary N) is 1. The number of aliphatic hydroxyl groups is 1. The number of phenolic OH excluding ortho intramolecular Hbond substituents is 1. The molecule has 1 aromatic rings. The van der Waals surface area contributed by atoms with Gasteiger partial charge in [0, 0.05) is 50.8 Å². The first kappa shape index (κ1) is 26.9. The monoisotopic (exact) mass is 513 g/mol. The molecule has 10 heteroatoms. The van der Waals surface area contributed by atoms with Crippen molar-refractivity contribution >= 4 is 34.7 Å². The molecule has 5 N–H and O–H groups in total. The van der Waals surface area contributed by atoms with Crippen molar-refractivity contribution in [2.24, 2.45) is 34.8 Å². The van der Waals surface area contributed by atoms with Gasteiger partial charge >= 0.3 is 0 Å². The second-order valence-corrected chi connectivity index (χ2v) is 12.1. The van der Waals surface area contributed by atoms with Crippen LogP contribution >= 0.6 is 0 Å². The normalized spacial score (nSPS) is 29.5. The van der Waals surface area contributed by atoms with E-state index in [4.69, 9.17) is 5.73 Å². The van der Waals surface area contributed by atoms with E-state index in [2.05, 4.69) is 26.1 Å². The molecule has 1 aromatic carbocycles. The predicted octanol–water partition coefficient (Wildman–Crippen LogP) is 0.529. The van der Waals surface area contributed by atoms with Gasteiger partial charge in [-0.2, -0.15) is 0 Å². The fourth-order valence-electron chi connectivity index (χ4n) is 6.17. The molecular formula is C27H35N3O7. The molecule has 10 nitrogen and oxygen atoms in total. The highest BCUT2D eigenvalue weighted by molar-refractivity contribution is 6.31. The molecule has 2 unspecified atom stereocenters. The summed E-state index contributed by atoms with van der Waals surface area (Å²) in [5.41, 5.74) is 4.41. The van der Waals surface area contributed by atoms with Gasteiger partial charge in [-0.1, -0.05) is 20.8 Å². The van der Waals surface area contributed by atoms with Gasteiger partial charge in [-0.3, -0.25) is 24.0 Å². The van der Waals surface area contributed by atoms with Gasteiger partial charge in [0.25, 0.3) is 0 Å². The number of hydrogen-bond acceptors (Lipinski definition) is 9. The van der Waals surface area contributed by atoms with Crippen molar-refractivity contribution in [1.29, 1.82) is 0 Å². The smallest absolute Gasteiger partial charge is 0.235 e. The fourth-order valence-corrected chi connectivity index (χ4v) is 6.17. The molecule has 3 aliphatic rings. The van der Waals surface area contributed by atoms with Crippen LogP contribution in [0.2, 0.25) is 0 Å². The Morgan fingerprint density at radius 2 is 1.81 bits per heavy atom. The van der Waals surface area contributed by atoms with Crippen LogP contribution < -0.4 is 16.0 Å². The van der Waals surface area contributed by atoms with E-state index in [1.165, 1.54) is 0 Å². The van der Waals surface area contributed by atoms with Crippen LogP contribution in [0.1, 0.15) is 55.1 Å². The number of carbonyl (C=O) groups is 5. The molecule has 37 heavy (non-hydrogen) atoms. The number of hydrogen-bond donors (Lipinski definition) is 4. The van der Waals surface area contributed by atoms with E-state index in [0.29, 0.717) is 24.2 Å². The lowest BCUT2D eigenvalue weighted by Gasteiger charge is -2.48. The van der Waals surface area contributed by atoms with E-state index >= 15 is 0 Å². The first-order chi connectivity index (χ1) is 17.1. The average Bonchev–Trinajstić information content (AvgIpc) is 2.76. The highest BCUT2D eigenvalue weighted by atomic mass is 16.3. The first-order valence-electron chi connectivity index (χ1n) is 12.5. The molecule has 3 aliphatic carbocycles. The zero-order chi connectivity index (χ0) is 27.6. The molecule has 5 atom stereocenters. The molecular weight excluding hydrogens is 478 g/mol. The molecule has 0 radical (unpaired) electrons. The van der Waals surface area contributed by atoms with Crippen LogP contribution in [0.5, 0.6) is 5.75 Å². The van der Waals surface area contributed by atoms with Crippen molar-refractivity contribution in [3.63, 3.8) is 0 Å². The lowest BCUT2D eigenvalue weighted by molar-refractivity contribution is -0.175. The summed E-state index contributed by atoms with van der Waals surface area (Å²) in [5, 5.41) is 25.8. The zero-order valence-corrected chi connectivity index (χ0v) is 21.9. The summed E-state index contributed by atoms with van der Waals surface area (Å²) in [7, 11) is 3.64. The third-order valence-corrected chi connectivity index (χ3v) is 7.91. The molecule has 1 amide bonds. The molecule has 4 rings (SSSR count). The third kappa shape index (κ3) is 4.25. The van der Waals surface area contributed by atoms with E-state index in [9.17, 15) is 34.2 Å². The van der Waals surface area contributed by atoms with Crippen LogP contribution in [-0.4, -0.2) is 65.5 Å². The predicted molar refractivity (Wildman–Crippen MR) is 134 cm³/mol. The number of rotatable bonds is 5. The summed E-state index contributed by atoms with van der Waals surface area (Å²) in [4.78, 5) is 66.7. The summed E-state index contributed by atoms with van der Waals surface area (Å²) in [5.74, 6) is -10.0. The Bertz CT molecular complexity index is 1220. The van der Waals surface area contributed by atoms with Gasteiger partial charge in [-0.15, -0.1) is 0 Å². The summed E-state index contributed by atoms with van der Waals surface area (Å²) < 4.78 is 0. The molecule has 0 heterocycles. The van der Waals surface area contributed by atoms with Gasteiger partial charge in [0.1, 0.15) is 5.75 Å². The van der Waals surface area contributed by atoms with Gasteiger partial charge in [0.2, 0.25) is 5.91 Å². The van der Waals surface area contributed by atoms with Crippen LogP contribution in [0.15, 0.2) is 6.07 Å². The molecule has 0 aromatic heterocycles. The number of benzene rings is 1. The molecule has 0 saturated heterocycles. The number of nitrogens with two attached hydrogens (primary N) is 1. The molecule has 0 spiro atoms. The minimum atomic E-state index is -2.65. The summed E-state index contributed by atoms with van der Waals surface area (Å²) in [6.45, 7) is 7.15.